The van der Waals surface area contributed by atoms with Crippen LogP contribution in [0, 0.1) is 0 Å². The number of rotatable bonds is 3. The molecule has 0 N–H and O–H groups in total. The van der Waals surface area contributed by atoms with Gasteiger partial charge in [-0.1, -0.05) is 11.8 Å². The summed E-state index contributed by atoms with van der Waals surface area (Å²) in [6.45, 7) is 3.09. The number of pyridine rings is 1. The molecule has 0 unspecified atom stereocenters. The molecule has 3 nitrogen and oxygen atoms in total. The molecule has 14 heavy (non-hydrogen) atoms. The van der Waals surface area contributed by atoms with Gasteiger partial charge < -0.3 is 4.74 Å². The quantitative estimate of drug-likeness (QED) is 0.711. The zero-order valence-electron chi connectivity index (χ0n) is 7.90. The number of carbonyl (C=O) groups is 1. The molecule has 2 heterocycles. The summed E-state index contributed by atoms with van der Waals surface area (Å²) in [6, 6.07) is 3.61. The van der Waals surface area contributed by atoms with Gasteiger partial charge in [-0.2, -0.15) is 0 Å². The van der Waals surface area contributed by atoms with Crippen LogP contribution in [0.15, 0.2) is 23.4 Å². The standard InChI is InChI=1S/C10H11NO2S/c1-7(12)9-3-2-4-11-10(9)14-8-5-13-6-8/h2-4,8H,5-6H2,1H3. The van der Waals surface area contributed by atoms with Crippen molar-refractivity contribution in [3.05, 3.63) is 23.9 Å². The van der Waals surface area contributed by atoms with Crippen LogP contribution in [0.2, 0.25) is 0 Å². The summed E-state index contributed by atoms with van der Waals surface area (Å²) in [7, 11) is 0. The van der Waals surface area contributed by atoms with Crippen LogP contribution in [0.25, 0.3) is 0 Å². The molecule has 2 rings (SSSR count). The maximum absolute atomic E-state index is 11.3. The minimum atomic E-state index is 0.0702. The smallest absolute Gasteiger partial charge is 0.162 e. The Morgan fingerprint density at radius 3 is 3.00 bits per heavy atom. The van der Waals surface area contributed by atoms with Gasteiger partial charge in [0.05, 0.1) is 18.5 Å². The van der Waals surface area contributed by atoms with E-state index in [4.69, 9.17) is 4.74 Å². The number of ether oxygens (including phenoxy) is 1. The van der Waals surface area contributed by atoms with Gasteiger partial charge in [-0.15, -0.1) is 0 Å². The zero-order chi connectivity index (χ0) is 9.97. The molecular weight excluding hydrogens is 198 g/mol. The molecule has 1 aromatic rings. The van der Waals surface area contributed by atoms with Gasteiger partial charge in [0.15, 0.2) is 5.78 Å². The minimum Gasteiger partial charge on any atom is -0.379 e. The third-order valence-corrected chi connectivity index (χ3v) is 3.19. The van der Waals surface area contributed by atoms with Crippen LogP contribution in [0.5, 0.6) is 0 Å². The highest BCUT2D eigenvalue weighted by Crippen LogP contribution is 2.28. The fourth-order valence-electron chi connectivity index (χ4n) is 1.19. The summed E-state index contributed by atoms with van der Waals surface area (Å²) in [5, 5.41) is 1.29. The van der Waals surface area contributed by atoms with E-state index < -0.39 is 0 Å². The molecule has 0 bridgehead atoms. The number of aromatic nitrogens is 1. The molecule has 0 aromatic carbocycles. The highest BCUT2D eigenvalue weighted by molar-refractivity contribution is 8.00. The first kappa shape index (κ1) is 9.68. The molecule has 0 atom stereocenters. The van der Waals surface area contributed by atoms with Gasteiger partial charge in [0.1, 0.15) is 5.03 Å². The van der Waals surface area contributed by atoms with E-state index in [0.29, 0.717) is 10.8 Å². The maximum atomic E-state index is 11.3. The number of carbonyl (C=O) groups excluding carboxylic acids is 1. The molecule has 0 saturated carbocycles. The van der Waals surface area contributed by atoms with Crippen molar-refractivity contribution < 1.29 is 9.53 Å². The minimum absolute atomic E-state index is 0.0702. The fourth-order valence-corrected chi connectivity index (χ4v) is 2.30. The lowest BCUT2D eigenvalue weighted by atomic mass is 10.2. The summed E-state index contributed by atoms with van der Waals surface area (Å²) in [4.78, 5) is 15.5. The lowest BCUT2D eigenvalue weighted by Crippen LogP contribution is -2.30. The fraction of sp³-hybridized carbons (Fsp3) is 0.400. The van der Waals surface area contributed by atoms with Crippen LogP contribution >= 0.6 is 11.8 Å². The molecule has 0 amide bonds. The SMILES string of the molecule is CC(=O)c1cccnc1SC1COC1. The highest BCUT2D eigenvalue weighted by Gasteiger charge is 2.22. The molecule has 1 aromatic heterocycles. The predicted molar refractivity (Wildman–Crippen MR) is 54.7 cm³/mol. The molecule has 1 fully saturated rings. The lowest BCUT2D eigenvalue weighted by Gasteiger charge is -2.25. The van der Waals surface area contributed by atoms with Gasteiger partial charge in [0, 0.05) is 11.8 Å². The Kier molecular flexibility index (Phi) is 2.84. The first-order valence-corrected chi connectivity index (χ1v) is 5.35. The molecule has 1 saturated heterocycles. The average Bonchev–Trinajstić information content (AvgIpc) is 2.12. The summed E-state index contributed by atoms with van der Waals surface area (Å²) < 4.78 is 5.07. The van der Waals surface area contributed by atoms with Crippen molar-refractivity contribution in [2.45, 2.75) is 17.2 Å². The third-order valence-electron chi connectivity index (χ3n) is 2.04. The number of Topliss-reactive ketones (excluding diaryl/α,β-unsaturated/α-hetero) is 1. The lowest BCUT2D eigenvalue weighted by molar-refractivity contribution is 0.0454. The molecule has 74 valence electrons. The van der Waals surface area contributed by atoms with Crippen molar-refractivity contribution in [3.63, 3.8) is 0 Å². The van der Waals surface area contributed by atoms with E-state index in [-0.39, 0.29) is 5.78 Å². The summed E-state index contributed by atoms with van der Waals surface area (Å²) in [5.74, 6) is 0.0702. The van der Waals surface area contributed by atoms with Crippen LogP contribution in [0.3, 0.4) is 0 Å². The second kappa shape index (κ2) is 4.11. The molecule has 0 spiro atoms. The first-order valence-electron chi connectivity index (χ1n) is 4.47. The highest BCUT2D eigenvalue weighted by atomic mass is 32.2. The van der Waals surface area contributed by atoms with Gasteiger partial charge >= 0.3 is 0 Å². The summed E-state index contributed by atoms with van der Waals surface area (Å²) >= 11 is 1.63. The molecule has 4 heteroatoms. The predicted octanol–water partition coefficient (Wildman–Crippen LogP) is 1.78. The van der Waals surface area contributed by atoms with Gasteiger partial charge in [0.25, 0.3) is 0 Å². The number of hydrogen-bond donors (Lipinski definition) is 0. The largest absolute Gasteiger partial charge is 0.379 e. The number of ketones is 1. The Morgan fingerprint density at radius 2 is 2.43 bits per heavy atom. The Balaban J connectivity index is 2.17. The van der Waals surface area contributed by atoms with Crippen molar-refractivity contribution in [2.75, 3.05) is 13.2 Å². The van der Waals surface area contributed by atoms with Crippen molar-refractivity contribution in [1.82, 2.24) is 4.98 Å². The average molecular weight is 209 g/mol. The van der Waals surface area contributed by atoms with Crippen LogP contribution in [-0.4, -0.2) is 29.2 Å². The Morgan fingerprint density at radius 1 is 1.64 bits per heavy atom. The maximum Gasteiger partial charge on any atom is 0.162 e. The number of thioether (sulfide) groups is 1. The van der Waals surface area contributed by atoms with Gasteiger partial charge in [-0.05, 0) is 19.1 Å². The Bertz CT molecular complexity index is 350. The van der Waals surface area contributed by atoms with E-state index in [1.54, 1.807) is 30.9 Å². The van der Waals surface area contributed by atoms with Crippen molar-refractivity contribution in [1.29, 1.82) is 0 Å². The van der Waals surface area contributed by atoms with Gasteiger partial charge in [0.2, 0.25) is 0 Å². The Labute approximate surface area is 86.9 Å². The zero-order valence-corrected chi connectivity index (χ0v) is 8.71. The number of hydrogen-bond acceptors (Lipinski definition) is 4. The number of nitrogens with zero attached hydrogens (tertiary/aromatic N) is 1. The summed E-state index contributed by atoms with van der Waals surface area (Å²) in [6.07, 6.45) is 1.72. The van der Waals surface area contributed by atoms with E-state index in [0.717, 1.165) is 18.2 Å². The van der Waals surface area contributed by atoms with Gasteiger partial charge in [-0.3, -0.25) is 4.79 Å². The molecule has 1 aliphatic heterocycles. The van der Waals surface area contributed by atoms with E-state index in [2.05, 4.69) is 4.98 Å². The van der Waals surface area contributed by atoms with Crippen LogP contribution in [0.4, 0.5) is 0 Å². The van der Waals surface area contributed by atoms with E-state index in [1.165, 1.54) is 0 Å². The van der Waals surface area contributed by atoms with Crippen molar-refractivity contribution in [2.24, 2.45) is 0 Å². The van der Waals surface area contributed by atoms with Crippen LogP contribution in [0.1, 0.15) is 17.3 Å². The topological polar surface area (TPSA) is 39.2 Å². The van der Waals surface area contributed by atoms with Crippen LogP contribution < -0.4 is 0 Å². The molecule has 0 radical (unpaired) electrons. The first-order chi connectivity index (χ1) is 6.77. The van der Waals surface area contributed by atoms with Crippen molar-refractivity contribution in [3.8, 4) is 0 Å². The normalized spacial score (nSPS) is 16.4. The molecular formula is C10H11NO2S. The van der Waals surface area contributed by atoms with Gasteiger partial charge in [-0.25, -0.2) is 4.98 Å². The van der Waals surface area contributed by atoms with E-state index in [9.17, 15) is 4.79 Å². The van der Waals surface area contributed by atoms with Crippen molar-refractivity contribution >= 4 is 17.5 Å². The van der Waals surface area contributed by atoms with E-state index in [1.807, 2.05) is 6.07 Å². The third kappa shape index (κ3) is 1.96. The molecule has 0 aliphatic carbocycles. The Hall–Kier alpha value is -0.870. The van der Waals surface area contributed by atoms with E-state index >= 15 is 0 Å². The van der Waals surface area contributed by atoms with Crippen LogP contribution in [-0.2, 0) is 4.74 Å². The monoisotopic (exact) mass is 209 g/mol. The second-order valence-electron chi connectivity index (χ2n) is 3.19. The second-order valence-corrected chi connectivity index (χ2v) is 4.48. The summed E-state index contributed by atoms with van der Waals surface area (Å²) in [5.41, 5.74) is 0.712. The molecule has 1 aliphatic rings.